The summed E-state index contributed by atoms with van der Waals surface area (Å²) in [4.78, 5) is 16.4. The Labute approximate surface area is 162 Å². The highest BCUT2D eigenvalue weighted by molar-refractivity contribution is 6.07. The van der Waals surface area contributed by atoms with Gasteiger partial charge in [-0.25, -0.2) is 4.79 Å². The van der Waals surface area contributed by atoms with Crippen molar-refractivity contribution in [1.29, 1.82) is 0 Å². The molecule has 0 spiro atoms. The second kappa shape index (κ2) is 7.42. The van der Waals surface area contributed by atoms with Gasteiger partial charge >= 0.3 is 5.97 Å². The maximum Gasteiger partial charge on any atom is 0.331 e. The summed E-state index contributed by atoms with van der Waals surface area (Å²) in [6, 6.07) is 9.67. The molecule has 0 fully saturated rings. The van der Waals surface area contributed by atoms with Crippen molar-refractivity contribution < 1.29 is 28.6 Å². The van der Waals surface area contributed by atoms with Crippen LogP contribution in [-0.2, 0) is 16.1 Å². The van der Waals surface area contributed by atoms with Crippen LogP contribution < -0.4 is 18.9 Å². The average molecular weight is 383 g/mol. The molecular weight excluding hydrogens is 362 g/mol. The standard InChI is InChI=1S/C21H21NO6/c1-12(23)28-22-21-15(13-5-7-17(24-2)18(8-13)25-3)6-4-14-9-19-20(10-16(14)21)27-11-26-19/h5,7-10,15H,4,6,11H2,1-3H3/b22-21+/t15-/m1/s1. The van der Waals surface area contributed by atoms with Gasteiger partial charge in [-0.05, 0) is 48.2 Å². The first-order valence-electron chi connectivity index (χ1n) is 9.01. The molecule has 0 N–H and O–H groups in total. The highest BCUT2D eigenvalue weighted by Crippen LogP contribution is 2.42. The number of nitrogens with zero attached hydrogens (tertiary/aromatic N) is 1. The second-order valence-corrected chi connectivity index (χ2v) is 6.63. The van der Waals surface area contributed by atoms with Crippen LogP contribution in [-0.4, -0.2) is 32.7 Å². The molecule has 0 saturated carbocycles. The Bertz CT molecular complexity index is 952. The van der Waals surface area contributed by atoms with E-state index >= 15 is 0 Å². The first kappa shape index (κ1) is 18.2. The van der Waals surface area contributed by atoms with Crippen LogP contribution in [0.5, 0.6) is 23.0 Å². The van der Waals surface area contributed by atoms with E-state index in [0.717, 1.165) is 35.3 Å². The van der Waals surface area contributed by atoms with E-state index < -0.39 is 5.97 Å². The highest BCUT2D eigenvalue weighted by atomic mass is 16.7. The Balaban J connectivity index is 1.79. The zero-order valence-corrected chi connectivity index (χ0v) is 16.0. The molecule has 1 atom stereocenters. The predicted molar refractivity (Wildman–Crippen MR) is 101 cm³/mol. The summed E-state index contributed by atoms with van der Waals surface area (Å²) in [6.45, 7) is 1.53. The van der Waals surface area contributed by atoms with Crippen molar-refractivity contribution in [3.63, 3.8) is 0 Å². The number of fused-ring (bicyclic) bond motifs is 2. The smallest absolute Gasteiger partial charge is 0.331 e. The van der Waals surface area contributed by atoms with Crippen LogP contribution in [0.15, 0.2) is 35.5 Å². The van der Waals surface area contributed by atoms with Gasteiger partial charge in [0, 0.05) is 18.4 Å². The first-order valence-corrected chi connectivity index (χ1v) is 9.01. The summed E-state index contributed by atoms with van der Waals surface area (Å²) >= 11 is 0. The number of carbonyl (C=O) groups is 1. The van der Waals surface area contributed by atoms with Crippen LogP contribution in [0.25, 0.3) is 0 Å². The van der Waals surface area contributed by atoms with E-state index in [1.807, 2.05) is 30.3 Å². The molecule has 1 heterocycles. The maximum atomic E-state index is 11.4. The molecule has 0 unspecified atom stereocenters. The third-order valence-electron chi connectivity index (χ3n) is 4.99. The summed E-state index contributed by atoms with van der Waals surface area (Å²) in [5.41, 5.74) is 3.68. The number of rotatable bonds is 4. The van der Waals surface area contributed by atoms with Gasteiger partial charge in [-0.1, -0.05) is 11.2 Å². The highest BCUT2D eigenvalue weighted by Gasteiger charge is 2.31. The fraction of sp³-hybridized carbons (Fsp3) is 0.333. The summed E-state index contributed by atoms with van der Waals surface area (Å²) in [6.07, 6.45) is 1.65. The van der Waals surface area contributed by atoms with Gasteiger partial charge in [0.2, 0.25) is 6.79 Å². The number of hydrogen-bond donors (Lipinski definition) is 0. The van der Waals surface area contributed by atoms with E-state index in [2.05, 4.69) is 5.16 Å². The van der Waals surface area contributed by atoms with Crippen molar-refractivity contribution in [1.82, 2.24) is 0 Å². The van der Waals surface area contributed by atoms with Crippen LogP contribution in [0.2, 0.25) is 0 Å². The lowest BCUT2D eigenvalue weighted by molar-refractivity contribution is -0.140. The fourth-order valence-corrected chi connectivity index (χ4v) is 3.67. The molecule has 7 nitrogen and oxygen atoms in total. The summed E-state index contributed by atoms with van der Waals surface area (Å²) < 4.78 is 21.8. The molecule has 0 bridgehead atoms. The first-order chi connectivity index (χ1) is 13.6. The minimum absolute atomic E-state index is 0.0629. The minimum atomic E-state index is -0.466. The number of aryl methyl sites for hydroxylation is 1. The molecule has 1 aliphatic heterocycles. The van der Waals surface area contributed by atoms with Gasteiger partial charge < -0.3 is 23.8 Å². The van der Waals surface area contributed by atoms with Gasteiger partial charge in [0.15, 0.2) is 23.0 Å². The molecule has 0 saturated heterocycles. The molecule has 0 aromatic heterocycles. The van der Waals surface area contributed by atoms with Gasteiger partial charge in [0.05, 0.1) is 19.9 Å². The lowest BCUT2D eigenvalue weighted by Gasteiger charge is -2.27. The number of oxime groups is 1. The number of ether oxygens (including phenoxy) is 4. The zero-order valence-electron chi connectivity index (χ0n) is 16.0. The maximum absolute atomic E-state index is 11.4. The van der Waals surface area contributed by atoms with Gasteiger partial charge in [0.25, 0.3) is 0 Å². The lowest BCUT2D eigenvalue weighted by atomic mass is 9.78. The molecule has 0 radical (unpaired) electrons. The van der Waals surface area contributed by atoms with E-state index in [1.54, 1.807) is 14.2 Å². The summed E-state index contributed by atoms with van der Waals surface area (Å²) in [5, 5.41) is 4.20. The topological polar surface area (TPSA) is 75.6 Å². The third kappa shape index (κ3) is 3.24. The molecule has 146 valence electrons. The quantitative estimate of drug-likeness (QED) is 0.595. The van der Waals surface area contributed by atoms with Crippen LogP contribution in [0.4, 0.5) is 0 Å². The van der Waals surface area contributed by atoms with E-state index in [9.17, 15) is 4.79 Å². The molecule has 2 aliphatic rings. The van der Waals surface area contributed by atoms with E-state index in [0.29, 0.717) is 23.0 Å². The van der Waals surface area contributed by atoms with Crippen LogP contribution >= 0.6 is 0 Å². The largest absolute Gasteiger partial charge is 0.493 e. The fourth-order valence-electron chi connectivity index (χ4n) is 3.67. The van der Waals surface area contributed by atoms with E-state index in [4.69, 9.17) is 23.8 Å². The lowest BCUT2D eigenvalue weighted by Crippen LogP contribution is -2.23. The normalized spacial score (nSPS) is 18.5. The Hall–Kier alpha value is -3.22. The Morgan fingerprint density at radius 1 is 1.07 bits per heavy atom. The van der Waals surface area contributed by atoms with Gasteiger partial charge in [0.1, 0.15) is 0 Å². The van der Waals surface area contributed by atoms with E-state index in [1.165, 1.54) is 6.92 Å². The number of carbonyl (C=O) groups excluding carboxylic acids is 1. The van der Waals surface area contributed by atoms with Crippen molar-refractivity contribution in [3.8, 4) is 23.0 Å². The Morgan fingerprint density at radius 2 is 1.82 bits per heavy atom. The molecular formula is C21H21NO6. The van der Waals surface area contributed by atoms with Crippen molar-refractivity contribution >= 4 is 11.7 Å². The van der Waals surface area contributed by atoms with E-state index in [-0.39, 0.29) is 12.7 Å². The second-order valence-electron chi connectivity index (χ2n) is 6.63. The molecule has 1 aliphatic carbocycles. The summed E-state index contributed by atoms with van der Waals surface area (Å²) in [5.74, 6) is 2.17. The van der Waals surface area contributed by atoms with Crippen molar-refractivity contribution in [2.45, 2.75) is 25.7 Å². The Kier molecular flexibility index (Phi) is 4.81. The molecule has 2 aromatic rings. The molecule has 2 aromatic carbocycles. The van der Waals surface area contributed by atoms with Gasteiger partial charge in [-0.2, -0.15) is 0 Å². The number of hydrogen-bond acceptors (Lipinski definition) is 7. The van der Waals surface area contributed by atoms with Crippen LogP contribution in [0.3, 0.4) is 0 Å². The molecule has 7 heteroatoms. The SMILES string of the molecule is COc1ccc([C@H]2CCc3cc4c(cc3/C2=N/OC(C)=O)OCO4)cc1OC. The van der Waals surface area contributed by atoms with Gasteiger partial charge in [-0.15, -0.1) is 0 Å². The number of benzene rings is 2. The zero-order chi connectivity index (χ0) is 19.7. The Morgan fingerprint density at radius 3 is 2.54 bits per heavy atom. The summed E-state index contributed by atoms with van der Waals surface area (Å²) in [7, 11) is 3.21. The minimum Gasteiger partial charge on any atom is -0.493 e. The molecule has 0 amide bonds. The molecule has 4 rings (SSSR count). The average Bonchev–Trinajstić information content (AvgIpc) is 3.17. The van der Waals surface area contributed by atoms with Crippen molar-refractivity contribution in [3.05, 3.63) is 47.0 Å². The number of methoxy groups -OCH3 is 2. The van der Waals surface area contributed by atoms with Crippen LogP contribution in [0.1, 0.15) is 36.0 Å². The molecule has 28 heavy (non-hydrogen) atoms. The predicted octanol–water partition coefficient (Wildman–Crippen LogP) is 3.43. The monoisotopic (exact) mass is 383 g/mol. The van der Waals surface area contributed by atoms with Crippen LogP contribution in [0, 0.1) is 0 Å². The van der Waals surface area contributed by atoms with Crippen molar-refractivity contribution in [2.75, 3.05) is 21.0 Å². The third-order valence-corrected chi connectivity index (χ3v) is 4.99. The van der Waals surface area contributed by atoms with Gasteiger partial charge in [-0.3, -0.25) is 0 Å². The van der Waals surface area contributed by atoms with Crippen molar-refractivity contribution in [2.24, 2.45) is 5.16 Å².